The second kappa shape index (κ2) is 6.78. The van der Waals surface area contributed by atoms with Crippen LogP contribution in [0.5, 0.6) is 0 Å². The van der Waals surface area contributed by atoms with Crippen molar-refractivity contribution in [3.63, 3.8) is 0 Å². The summed E-state index contributed by atoms with van der Waals surface area (Å²) in [5.41, 5.74) is 3.72. The van der Waals surface area contributed by atoms with Crippen molar-refractivity contribution in [2.45, 2.75) is 9.74 Å². The van der Waals surface area contributed by atoms with E-state index in [1.165, 1.54) is 11.8 Å². The highest BCUT2D eigenvalue weighted by atomic mass is 32.2. The van der Waals surface area contributed by atoms with Crippen LogP contribution in [-0.2, 0) is 4.79 Å². The molecule has 25 heavy (non-hydrogen) atoms. The third-order valence-corrected chi connectivity index (χ3v) is 5.83. The fourth-order valence-corrected chi connectivity index (χ4v) is 4.47. The smallest absolute Gasteiger partial charge is 0.287 e. The Labute approximate surface area is 152 Å². The van der Waals surface area contributed by atoms with Gasteiger partial charge in [-0.05, 0) is 11.8 Å². The van der Waals surface area contributed by atoms with Crippen molar-refractivity contribution in [3.8, 4) is 22.5 Å². The van der Waals surface area contributed by atoms with E-state index in [4.69, 9.17) is 0 Å². The maximum absolute atomic E-state index is 11.8. The van der Waals surface area contributed by atoms with Gasteiger partial charge < -0.3 is 4.98 Å². The van der Waals surface area contributed by atoms with Gasteiger partial charge in [0.2, 0.25) is 0 Å². The monoisotopic (exact) mass is 367 g/mol. The Bertz CT molecular complexity index is 869. The fraction of sp³-hybridized carbons (Fsp3) is 0.0556. The first kappa shape index (κ1) is 16.0. The minimum absolute atomic E-state index is 0.293. The third-order valence-electron chi connectivity index (χ3n) is 3.66. The Hall–Kier alpha value is -2.51. The van der Waals surface area contributed by atoms with Crippen molar-refractivity contribution in [1.29, 1.82) is 0 Å². The lowest BCUT2D eigenvalue weighted by Crippen LogP contribution is -2.22. The maximum atomic E-state index is 11.8. The van der Waals surface area contributed by atoms with E-state index >= 15 is 0 Å². The molecule has 2 heterocycles. The number of aromatic nitrogens is 2. The molecule has 0 bridgehead atoms. The van der Waals surface area contributed by atoms with E-state index in [9.17, 15) is 9.59 Å². The number of H-pyrrole nitrogens is 1. The second-order valence-corrected chi connectivity index (χ2v) is 7.81. The molecule has 2 N–H and O–H groups in total. The zero-order valence-corrected chi connectivity index (χ0v) is 14.6. The number of hydrogen-bond acceptors (Lipinski definition) is 5. The zero-order valence-electron chi connectivity index (χ0n) is 12.9. The van der Waals surface area contributed by atoms with Gasteiger partial charge in [0.25, 0.3) is 11.1 Å². The van der Waals surface area contributed by atoms with Crippen molar-refractivity contribution in [2.75, 3.05) is 0 Å². The summed E-state index contributed by atoms with van der Waals surface area (Å²) in [5.74, 6) is -0.293. The summed E-state index contributed by atoms with van der Waals surface area (Å²) in [6, 6.07) is 19.8. The van der Waals surface area contributed by atoms with Crippen LogP contribution in [0.4, 0.5) is 4.79 Å². The second-order valence-electron chi connectivity index (χ2n) is 5.34. The first-order chi connectivity index (χ1) is 12.2. The molecule has 1 aromatic heterocycles. The van der Waals surface area contributed by atoms with E-state index < -0.39 is 4.58 Å². The lowest BCUT2D eigenvalue weighted by Gasteiger charge is -2.02. The SMILES string of the molecule is O=C1NC(=O)C(Sc2nc(-c3ccccc3)c(-c3ccccc3)[nH]2)S1. The third kappa shape index (κ3) is 3.33. The van der Waals surface area contributed by atoms with Crippen molar-refractivity contribution in [2.24, 2.45) is 0 Å². The van der Waals surface area contributed by atoms with E-state index in [-0.39, 0.29) is 11.1 Å². The predicted octanol–water partition coefficient (Wildman–Crippen LogP) is 4.14. The lowest BCUT2D eigenvalue weighted by atomic mass is 10.1. The van der Waals surface area contributed by atoms with Gasteiger partial charge in [-0.1, -0.05) is 72.4 Å². The number of thioether (sulfide) groups is 2. The number of hydrogen-bond donors (Lipinski definition) is 2. The van der Waals surface area contributed by atoms with Crippen LogP contribution in [0.2, 0.25) is 0 Å². The van der Waals surface area contributed by atoms with Crippen molar-refractivity contribution in [1.82, 2.24) is 15.3 Å². The molecule has 4 rings (SSSR count). The number of imidazole rings is 1. The molecule has 0 radical (unpaired) electrons. The van der Waals surface area contributed by atoms with Gasteiger partial charge in [0.1, 0.15) is 4.58 Å². The first-order valence-electron chi connectivity index (χ1n) is 7.60. The Morgan fingerprint density at radius 1 is 0.920 bits per heavy atom. The molecule has 7 heteroatoms. The Morgan fingerprint density at radius 3 is 2.16 bits per heavy atom. The molecule has 0 spiro atoms. The van der Waals surface area contributed by atoms with Gasteiger partial charge in [0, 0.05) is 11.1 Å². The lowest BCUT2D eigenvalue weighted by molar-refractivity contribution is -0.117. The van der Waals surface area contributed by atoms with Crippen LogP contribution in [0.25, 0.3) is 22.5 Å². The molecule has 1 saturated heterocycles. The largest absolute Gasteiger partial charge is 0.332 e. The molecular formula is C18H13N3O2S2. The molecule has 1 fully saturated rings. The van der Waals surface area contributed by atoms with Gasteiger partial charge in [0.05, 0.1) is 11.4 Å². The normalized spacial score (nSPS) is 16.9. The minimum Gasteiger partial charge on any atom is -0.332 e. The van der Waals surface area contributed by atoms with Crippen molar-refractivity contribution < 1.29 is 9.59 Å². The summed E-state index contributed by atoms with van der Waals surface area (Å²) in [6.45, 7) is 0. The highest BCUT2D eigenvalue weighted by Crippen LogP contribution is 2.37. The fourth-order valence-electron chi connectivity index (χ4n) is 2.54. The maximum Gasteiger partial charge on any atom is 0.287 e. The van der Waals surface area contributed by atoms with Crippen LogP contribution in [-0.4, -0.2) is 25.7 Å². The average Bonchev–Trinajstić information content (AvgIpc) is 3.20. The number of benzene rings is 2. The molecule has 3 aromatic rings. The molecule has 1 atom stereocenters. The summed E-state index contributed by atoms with van der Waals surface area (Å²) in [5, 5.41) is 2.59. The van der Waals surface area contributed by atoms with E-state index in [1.54, 1.807) is 0 Å². The molecule has 0 saturated carbocycles. The molecule has 0 aliphatic carbocycles. The van der Waals surface area contributed by atoms with Crippen LogP contribution in [0, 0.1) is 0 Å². The molecule has 2 amide bonds. The number of imide groups is 1. The number of aromatic amines is 1. The molecule has 1 unspecified atom stereocenters. The van der Waals surface area contributed by atoms with E-state index in [2.05, 4.69) is 15.3 Å². The summed E-state index contributed by atoms with van der Waals surface area (Å²) in [6.07, 6.45) is 0. The van der Waals surface area contributed by atoms with E-state index in [0.29, 0.717) is 5.16 Å². The van der Waals surface area contributed by atoms with Gasteiger partial charge >= 0.3 is 0 Å². The summed E-state index contributed by atoms with van der Waals surface area (Å²) < 4.78 is -0.522. The summed E-state index contributed by atoms with van der Waals surface area (Å²) >= 11 is 2.23. The van der Waals surface area contributed by atoms with Crippen LogP contribution < -0.4 is 5.32 Å². The van der Waals surface area contributed by atoms with Crippen molar-refractivity contribution >= 4 is 34.7 Å². The van der Waals surface area contributed by atoms with Crippen LogP contribution in [0.1, 0.15) is 0 Å². The molecule has 1 aliphatic rings. The average molecular weight is 367 g/mol. The topological polar surface area (TPSA) is 74.8 Å². The standard InChI is InChI=1S/C18H13N3O2S2/c22-15-16(25-18(23)21-15)24-17-19-13(11-7-3-1-4-8-11)14(20-17)12-9-5-2-6-10-12/h1-10,16H,(H,19,20)(H,21,22,23). The van der Waals surface area contributed by atoms with Gasteiger partial charge in [0.15, 0.2) is 5.16 Å². The quantitative estimate of drug-likeness (QED) is 0.725. The van der Waals surface area contributed by atoms with Gasteiger partial charge in [-0.2, -0.15) is 0 Å². The summed E-state index contributed by atoms with van der Waals surface area (Å²) in [7, 11) is 0. The van der Waals surface area contributed by atoms with Crippen molar-refractivity contribution in [3.05, 3.63) is 60.7 Å². The Kier molecular flexibility index (Phi) is 4.33. The molecule has 2 aromatic carbocycles. The summed E-state index contributed by atoms with van der Waals surface area (Å²) in [4.78, 5) is 31.2. The molecule has 5 nitrogen and oxygen atoms in total. The highest BCUT2D eigenvalue weighted by molar-refractivity contribution is 8.26. The molecule has 1 aliphatic heterocycles. The zero-order chi connectivity index (χ0) is 17.2. The minimum atomic E-state index is -0.522. The van der Waals surface area contributed by atoms with Crippen LogP contribution >= 0.6 is 23.5 Å². The Balaban J connectivity index is 1.74. The van der Waals surface area contributed by atoms with Crippen LogP contribution in [0.15, 0.2) is 65.8 Å². The molecular weight excluding hydrogens is 354 g/mol. The number of nitrogens with zero attached hydrogens (tertiary/aromatic N) is 1. The number of rotatable bonds is 4. The number of amides is 2. The van der Waals surface area contributed by atoms with Gasteiger partial charge in [-0.15, -0.1) is 0 Å². The first-order valence-corrected chi connectivity index (χ1v) is 9.35. The van der Waals surface area contributed by atoms with Crippen LogP contribution in [0.3, 0.4) is 0 Å². The van der Waals surface area contributed by atoms with E-state index in [0.717, 1.165) is 34.3 Å². The number of carbonyl (C=O) groups is 2. The highest BCUT2D eigenvalue weighted by Gasteiger charge is 2.33. The predicted molar refractivity (Wildman–Crippen MR) is 100 cm³/mol. The van der Waals surface area contributed by atoms with Gasteiger partial charge in [-0.3, -0.25) is 14.9 Å². The van der Waals surface area contributed by atoms with Gasteiger partial charge in [-0.25, -0.2) is 4.98 Å². The Morgan fingerprint density at radius 2 is 1.56 bits per heavy atom. The molecule has 124 valence electrons. The number of carbonyl (C=O) groups excluding carboxylic acids is 2. The number of nitrogens with one attached hydrogen (secondary N) is 2. The van der Waals surface area contributed by atoms with E-state index in [1.807, 2.05) is 60.7 Å².